The maximum Gasteiger partial charge on any atom is 0.673 e. The number of aliphatic hydroxyl groups is 2. The van der Waals surface area contributed by atoms with Gasteiger partial charge in [-0.05, 0) is 0 Å². The third-order valence-corrected chi connectivity index (χ3v) is 0.837. The molecular formula is C4H9BF4O2. The van der Waals surface area contributed by atoms with Crippen molar-refractivity contribution in [1.29, 1.82) is 0 Å². The Balaban J connectivity index is 0.000000187. The van der Waals surface area contributed by atoms with E-state index < -0.39 is 7.25 Å². The van der Waals surface area contributed by atoms with E-state index in [0.29, 0.717) is 0 Å². The summed E-state index contributed by atoms with van der Waals surface area (Å²) in [5.41, 5.74) is 0. The van der Waals surface area contributed by atoms with E-state index in [-0.39, 0.29) is 6.29 Å². The Hall–Kier alpha value is -0.295. The van der Waals surface area contributed by atoms with Gasteiger partial charge in [0.2, 0.25) is 0 Å². The van der Waals surface area contributed by atoms with E-state index in [1.165, 1.54) is 0 Å². The van der Waals surface area contributed by atoms with Crippen LogP contribution in [0.2, 0.25) is 0 Å². The van der Waals surface area contributed by atoms with Crippen LogP contribution in [0.25, 0.3) is 0 Å². The molecule has 1 rings (SSSR count). The number of ether oxygens (including phenoxy) is 2. The highest BCUT2D eigenvalue weighted by Crippen LogP contribution is 2.06. The van der Waals surface area contributed by atoms with Crippen LogP contribution in [-0.2, 0) is 4.74 Å². The lowest BCUT2D eigenvalue weighted by Crippen LogP contribution is -2.02. The van der Waals surface area contributed by atoms with Crippen LogP contribution in [0.3, 0.4) is 0 Å². The summed E-state index contributed by atoms with van der Waals surface area (Å²) < 4.78 is 48.0. The SMILES string of the molecule is CC1OCC[OH+]1.F[B-](F)(F)F. The van der Waals surface area contributed by atoms with Crippen LogP contribution in [-0.4, -0.2) is 31.5 Å². The van der Waals surface area contributed by atoms with Gasteiger partial charge in [0.05, 0.1) is 0 Å². The largest absolute Gasteiger partial charge is 0.673 e. The first-order valence-electron chi connectivity index (χ1n) is 3.05. The predicted octanol–water partition coefficient (Wildman–Crippen LogP) is 1.19. The summed E-state index contributed by atoms with van der Waals surface area (Å²) in [6.07, 6.45) is 0.171. The smallest absolute Gasteiger partial charge is 0.418 e. The zero-order valence-corrected chi connectivity index (χ0v) is 5.94. The Labute approximate surface area is 61.6 Å². The van der Waals surface area contributed by atoms with Crippen molar-refractivity contribution in [3.05, 3.63) is 0 Å². The summed E-state index contributed by atoms with van der Waals surface area (Å²) in [4.78, 5) is 0. The van der Waals surface area contributed by atoms with Gasteiger partial charge >= 0.3 is 7.25 Å². The monoisotopic (exact) mass is 176 g/mol. The van der Waals surface area contributed by atoms with Crippen LogP contribution < -0.4 is 0 Å². The van der Waals surface area contributed by atoms with Gasteiger partial charge < -0.3 is 26.7 Å². The first-order chi connectivity index (χ1) is 4.89. The molecule has 0 radical (unpaired) electrons. The lowest BCUT2D eigenvalue weighted by atomic mass is 10.3. The Morgan fingerprint density at radius 3 is 1.91 bits per heavy atom. The molecule has 0 spiro atoms. The summed E-state index contributed by atoms with van der Waals surface area (Å²) in [6.45, 7) is 3.66. The normalized spacial score (nSPS) is 24.3. The zero-order chi connectivity index (χ0) is 8.91. The minimum absolute atomic E-state index is 0.171. The van der Waals surface area contributed by atoms with E-state index in [2.05, 4.69) is 4.74 Å². The first-order valence-corrected chi connectivity index (χ1v) is 3.05. The topological polar surface area (TPSA) is 22.0 Å². The third kappa shape index (κ3) is 12.8. The van der Waals surface area contributed by atoms with E-state index in [9.17, 15) is 17.3 Å². The Morgan fingerprint density at radius 2 is 1.82 bits per heavy atom. The van der Waals surface area contributed by atoms with E-state index in [4.69, 9.17) is 4.74 Å². The van der Waals surface area contributed by atoms with Crippen molar-refractivity contribution in [3.63, 3.8) is 0 Å². The van der Waals surface area contributed by atoms with Gasteiger partial charge in [0, 0.05) is 6.92 Å². The molecule has 1 heterocycles. The molecule has 1 fully saturated rings. The maximum absolute atomic E-state index is 9.75. The van der Waals surface area contributed by atoms with Gasteiger partial charge in [-0.15, -0.1) is 0 Å². The van der Waals surface area contributed by atoms with E-state index in [1.807, 2.05) is 6.92 Å². The molecule has 11 heavy (non-hydrogen) atoms. The molecule has 1 unspecified atom stereocenters. The van der Waals surface area contributed by atoms with E-state index >= 15 is 0 Å². The summed E-state index contributed by atoms with van der Waals surface area (Å²) in [5, 5.41) is 0. The van der Waals surface area contributed by atoms with Crippen molar-refractivity contribution >= 4 is 7.25 Å². The van der Waals surface area contributed by atoms with Gasteiger partial charge in [-0.3, -0.25) is 0 Å². The average Bonchev–Trinajstić information content (AvgIpc) is 2.12. The first kappa shape index (κ1) is 10.7. The molecule has 0 aromatic rings. The van der Waals surface area contributed by atoms with Crippen molar-refractivity contribution in [1.82, 2.24) is 0 Å². The molecule has 0 amide bonds. The maximum atomic E-state index is 9.75. The van der Waals surface area contributed by atoms with Gasteiger partial charge in [-0.2, -0.15) is 0 Å². The van der Waals surface area contributed by atoms with Crippen LogP contribution in [0, 0.1) is 0 Å². The molecule has 1 aliphatic heterocycles. The second-order valence-electron chi connectivity index (χ2n) is 1.87. The van der Waals surface area contributed by atoms with E-state index in [0.717, 1.165) is 13.2 Å². The number of halogens is 4. The molecule has 0 aliphatic carbocycles. The van der Waals surface area contributed by atoms with Gasteiger partial charge in [0.25, 0.3) is 6.29 Å². The molecule has 0 bridgehead atoms. The van der Waals surface area contributed by atoms with Crippen LogP contribution in [0.1, 0.15) is 6.92 Å². The summed E-state index contributed by atoms with van der Waals surface area (Å²) in [7, 11) is -6.00. The fraction of sp³-hybridized carbons (Fsp3) is 1.00. The zero-order valence-electron chi connectivity index (χ0n) is 5.94. The third-order valence-electron chi connectivity index (χ3n) is 0.837. The Bertz CT molecular complexity index is 94.8. The average molecular weight is 176 g/mol. The fourth-order valence-electron chi connectivity index (χ4n) is 0.510. The van der Waals surface area contributed by atoms with Crippen LogP contribution >= 0.6 is 0 Å². The summed E-state index contributed by atoms with van der Waals surface area (Å²) >= 11 is 0. The number of hydrogen-bond donors (Lipinski definition) is 0. The molecule has 1 atom stereocenters. The second-order valence-corrected chi connectivity index (χ2v) is 1.87. The molecule has 2 nitrogen and oxygen atoms in total. The van der Waals surface area contributed by atoms with Crippen molar-refractivity contribution in [2.75, 3.05) is 13.2 Å². The van der Waals surface area contributed by atoms with E-state index in [1.54, 1.807) is 0 Å². The molecule has 0 aromatic heterocycles. The highest BCUT2D eigenvalue weighted by atomic mass is 19.5. The molecule has 1 N–H and O–H groups in total. The minimum Gasteiger partial charge on any atom is -0.418 e. The molecule has 0 saturated carbocycles. The van der Waals surface area contributed by atoms with Crippen molar-refractivity contribution in [2.45, 2.75) is 13.2 Å². The Morgan fingerprint density at radius 1 is 1.36 bits per heavy atom. The van der Waals surface area contributed by atoms with Crippen molar-refractivity contribution in [3.8, 4) is 0 Å². The standard InChI is InChI=1S/C4H8O2.BF4/c1-4-5-2-3-6-4;2-1(3,4)5/h4H,2-3H2,1H3;/q;-1/p+1. The highest BCUT2D eigenvalue weighted by molar-refractivity contribution is 6.50. The predicted molar refractivity (Wildman–Crippen MR) is 32.7 cm³/mol. The minimum atomic E-state index is -6.00. The molecule has 7 heteroatoms. The summed E-state index contributed by atoms with van der Waals surface area (Å²) in [6, 6.07) is 0. The van der Waals surface area contributed by atoms with Gasteiger partial charge in [-0.1, -0.05) is 0 Å². The fourth-order valence-corrected chi connectivity index (χ4v) is 0.510. The highest BCUT2D eigenvalue weighted by Gasteiger charge is 2.20. The molecule has 68 valence electrons. The lowest BCUT2D eigenvalue weighted by Gasteiger charge is -1.94. The Kier molecular flexibility index (Phi) is 4.43. The number of rotatable bonds is 0. The molecular weight excluding hydrogens is 167 g/mol. The molecule has 1 saturated heterocycles. The molecule has 1 aliphatic rings. The molecule has 0 aromatic carbocycles. The summed E-state index contributed by atoms with van der Waals surface area (Å²) in [5.74, 6) is 0. The van der Waals surface area contributed by atoms with Gasteiger partial charge in [-0.25, -0.2) is 0 Å². The lowest BCUT2D eigenvalue weighted by molar-refractivity contribution is -0.136. The van der Waals surface area contributed by atoms with Crippen LogP contribution in [0.4, 0.5) is 17.3 Å². The van der Waals surface area contributed by atoms with Gasteiger partial charge in [0.15, 0.2) is 6.61 Å². The second kappa shape index (κ2) is 4.56. The van der Waals surface area contributed by atoms with Crippen molar-refractivity contribution in [2.24, 2.45) is 0 Å². The van der Waals surface area contributed by atoms with Crippen LogP contribution in [0.15, 0.2) is 0 Å². The quantitative estimate of drug-likeness (QED) is 0.308. The van der Waals surface area contributed by atoms with Crippen molar-refractivity contribution < 1.29 is 26.7 Å². The number of hydrogen-bond acceptors (Lipinski definition) is 1. The van der Waals surface area contributed by atoms with Crippen LogP contribution in [0.5, 0.6) is 0 Å². The van der Waals surface area contributed by atoms with Gasteiger partial charge in [0.1, 0.15) is 6.61 Å².